The first-order valence-electron chi connectivity index (χ1n) is 9.32. The average molecular weight is 360 g/mol. The minimum Gasteiger partial charge on any atom is -0.497 e. The monoisotopic (exact) mass is 360 g/mol. The summed E-state index contributed by atoms with van der Waals surface area (Å²) in [6, 6.07) is 7.34. The minimum atomic E-state index is -0.502. The molecular formula is C19H28N4O3. The van der Waals surface area contributed by atoms with E-state index in [1.807, 2.05) is 0 Å². The topological polar surface area (TPSA) is 73.9 Å². The molecule has 0 aliphatic carbocycles. The smallest absolute Gasteiger partial charge is 0.325 e. The van der Waals surface area contributed by atoms with E-state index in [0.29, 0.717) is 23.5 Å². The first kappa shape index (κ1) is 18.7. The Bertz CT molecular complexity index is 634. The average Bonchev–Trinajstić information content (AvgIpc) is 2.89. The molecule has 2 fully saturated rings. The number of benzene rings is 1. The van der Waals surface area contributed by atoms with Crippen LogP contribution in [0.1, 0.15) is 26.2 Å². The third-order valence-electron chi connectivity index (χ3n) is 5.39. The fourth-order valence-electron chi connectivity index (χ4n) is 3.96. The van der Waals surface area contributed by atoms with Crippen molar-refractivity contribution in [1.82, 2.24) is 15.1 Å². The molecule has 3 rings (SSSR count). The Morgan fingerprint density at radius 2 is 1.88 bits per heavy atom. The molecule has 2 aliphatic rings. The summed E-state index contributed by atoms with van der Waals surface area (Å²) in [7, 11) is 1.59. The van der Waals surface area contributed by atoms with Crippen molar-refractivity contribution in [3.8, 4) is 5.75 Å². The van der Waals surface area contributed by atoms with Gasteiger partial charge in [0.05, 0.1) is 13.7 Å². The number of fused-ring (bicyclic) bond motifs is 2. The molecule has 3 amide bonds. The Kier molecular flexibility index (Phi) is 6.11. The van der Waals surface area contributed by atoms with Gasteiger partial charge in [-0.2, -0.15) is 0 Å². The SMILES string of the molecule is CCN1CC[C@H]2CC[C@@H](C1)N2CC(=O)NC(=O)Nc1ccc(OC)cc1. The summed E-state index contributed by atoms with van der Waals surface area (Å²) in [5.41, 5.74) is 0.615. The molecule has 2 atom stereocenters. The van der Waals surface area contributed by atoms with Crippen molar-refractivity contribution < 1.29 is 14.3 Å². The maximum absolute atomic E-state index is 12.3. The number of hydrogen-bond donors (Lipinski definition) is 2. The van der Waals surface area contributed by atoms with Crippen LogP contribution in [0.4, 0.5) is 10.5 Å². The predicted octanol–water partition coefficient (Wildman–Crippen LogP) is 1.90. The van der Waals surface area contributed by atoms with Crippen molar-refractivity contribution in [2.24, 2.45) is 0 Å². The van der Waals surface area contributed by atoms with E-state index in [0.717, 1.165) is 38.9 Å². The van der Waals surface area contributed by atoms with E-state index < -0.39 is 6.03 Å². The van der Waals surface area contributed by atoms with Crippen LogP contribution in [0.5, 0.6) is 5.75 Å². The van der Waals surface area contributed by atoms with Crippen LogP contribution >= 0.6 is 0 Å². The number of nitrogens with one attached hydrogen (secondary N) is 2. The second kappa shape index (κ2) is 8.51. The zero-order valence-electron chi connectivity index (χ0n) is 15.5. The Morgan fingerprint density at radius 3 is 2.58 bits per heavy atom. The number of rotatable bonds is 5. The fraction of sp³-hybridized carbons (Fsp3) is 0.579. The normalized spacial score (nSPS) is 23.3. The minimum absolute atomic E-state index is 0.252. The van der Waals surface area contributed by atoms with Crippen molar-refractivity contribution in [3.63, 3.8) is 0 Å². The molecule has 2 saturated heterocycles. The number of likely N-dealkylation sites (N-methyl/N-ethyl adjacent to an activating group) is 1. The number of nitrogens with zero attached hydrogens (tertiary/aromatic N) is 2. The van der Waals surface area contributed by atoms with Crippen LogP contribution in [0.3, 0.4) is 0 Å². The highest BCUT2D eigenvalue weighted by atomic mass is 16.5. The predicted molar refractivity (Wildman–Crippen MR) is 100 cm³/mol. The summed E-state index contributed by atoms with van der Waals surface area (Å²) >= 11 is 0. The van der Waals surface area contributed by atoms with Gasteiger partial charge in [-0.3, -0.25) is 15.0 Å². The van der Waals surface area contributed by atoms with Crippen molar-refractivity contribution in [1.29, 1.82) is 0 Å². The van der Waals surface area contributed by atoms with E-state index >= 15 is 0 Å². The molecule has 0 unspecified atom stereocenters. The Labute approximate surface area is 154 Å². The molecule has 2 bridgehead atoms. The van der Waals surface area contributed by atoms with Gasteiger partial charge in [0, 0.05) is 24.3 Å². The quantitative estimate of drug-likeness (QED) is 0.839. The van der Waals surface area contributed by atoms with E-state index in [2.05, 4.69) is 27.4 Å². The number of urea groups is 1. The molecule has 2 aliphatic heterocycles. The van der Waals surface area contributed by atoms with E-state index in [1.165, 1.54) is 0 Å². The molecule has 7 heteroatoms. The van der Waals surface area contributed by atoms with Crippen LogP contribution in [0, 0.1) is 0 Å². The zero-order chi connectivity index (χ0) is 18.5. The molecule has 26 heavy (non-hydrogen) atoms. The van der Waals surface area contributed by atoms with E-state index in [4.69, 9.17) is 4.74 Å². The lowest BCUT2D eigenvalue weighted by atomic mass is 10.1. The number of anilines is 1. The van der Waals surface area contributed by atoms with Crippen LogP contribution in [0.15, 0.2) is 24.3 Å². The molecular weight excluding hydrogens is 332 g/mol. The van der Waals surface area contributed by atoms with Crippen molar-refractivity contribution >= 4 is 17.6 Å². The molecule has 1 aromatic rings. The van der Waals surface area contributed by atoms with Gasteiger partial charge < -0.3 is 15.0 Å². The van der Waals surface area contributed by atoms with Crippen LogP contribution in [0.25, 0.3) is 0 Å². The summed E-state index contributed by atoms with van der Waals surface area (Å²) in [5.74, 6) is 0.461. The van der Waals surface area contributed by atoms with Crippen molar-refractivity contribution in [3.05, 3.63) is 24.3 Å². The van der Waals surface area contributed by atoms with Gasteiger partial charge in [-0.1, -0.05) is 6.92 Å². The molecule has 0 saturated carbocycles. The summed E-state index contributed by atoms with van der Waals surface area (Å²) < 4.78 is 5.08. The molecule has 7 nitrogen and oxygen atoms in total. The summed E-state index contributed by atoms with van der Waals surface area (Å²) in [6.07, 6.45) is 3.37. The molecule has 0 radical (unpaired) electrons. The molecule has 0 aromatic heterocycles. The Balaban J connectivity index is 1.50. The molecule has 142 valence electrons. The van der Waals surface area contributed by atoms with Crippen LogP contribution < -0.4 is 15.4 Å². The highest BCUT2D eigenvalue weighted by molar-refractivity contribution is 6.01. The maximum atomic E-state index is 12.3. The van der Waals surface area contributed by atoms with E-state index in [-0.39, 0.29) is 12.5 Å². The number of carbonyl (C=O) groups is 2. The number of imide groups is 1. The lowest BCUT2D eigenvalue weighted by Gasteiger charge is -2.27. The number of methoxy groups -OCH3 is 1. The van der Waals surface area contributed by atoms with Gasteiger partial charge in [0.1, 0.15) is 5.75 Å². The lowest BCUT2D eigenvalue weighted by Crippen LogP contribution is -2.47. The van der Waals surface area contributed by atoms with Gasteiger partial charge in [0.15, 0.2) is 0 Å². The van der Waals surface area contributed by atoms with Crippen molar-refractivity contribution in [2.75, 3.05) is 38.6 Å². The number of amides is 3. The van der Waals surface area contributed by atoms with Crippen LogP contribution in [-0.2, 0) is 4.79 Å². The number of hydrogen-bond acceptors (Lipinski definition) is 5. The van der Waals surface area contributed by atoms with E-state index in [1.54, 1.807) is 31.4 Å². The standard InChI is InChI=1S/C19H28N4O3/c1-3-22-11-10-15-6-7-16(12-22)23(15)13-18(24)21-19(25)20-14-4-8-17(26-2)9-5-14/h4-5,8-9,15-16H,3,6-7,10-13H2,1-2H3,(H2,20,21,24,25)/t15-,16+/m1/s1. The number of carbonyl (C=O) groups excluding carboxylic acids is 2. The number of likely N-dealkylation sites (tertiary alicyclic amines) is 1. The molecule has 2 N–H and O–H groups in total. The second-order valence-electron chi connectivity index (χ2n) is 6.97. The number of ether oxygens (including phenoxy) is 1. The van der Waals surface area contributed by atoms with Gasteiger partial charge >= 0.3 is 6.03 Å². The summed E-state index contributed by atoms with van der Waals surface area (Å²) in [5, 5.41) is 5.12. The van der Waals surface area contributed by atoms with Gasteiger partial charge in [0.2, 0.25) is 5.91 Å². The lowest BCUT2D eigenvalue weighted by molar-refractivity contribution is -0.121. The van der Waals surface area contributed by atoms with Gasteiger partial charge in [-0.15, -0.1) is 0 Å². The fourth-order valence-corrected chi connectivity index (χ4v) is 3.96. The first-order chi connectivity index (χ1) is 12.6. The highest BCUT2D eigenvalue weighted by Gasteiger charge is 2.37. The first-order valence-corrected chi connectivity index (χ1v) is 9.32. The third kappa shape index (κ3) is 4.53. The van der Waals surface area contributed by atoms with Gasteiger partial charge in [-0.25, -0.2) is 4.79 Å². The molecule has 2 heterocycles. The Hall–Kier alpha value is -2.12. The Morgan fingerprint density at radius 1 is 1.15 bits per heavy atom. The summed E-state index contributed by atoms with van der Waals surface area (Å²) in [6.45, 7) is 5.61. The van der Waals surface area contributed by atoms with E-state index in [9.17, 15) is 9.59 Å². The summed E-state index contributed by atoms with van der Waals surface area (Å²) in [4.78, 5) is 29.1. The van der Waals surface area contributed by atoms with Crippen molar-refractivity contribution in [2.45, 2.75) is 38.3 Å². The largest absolute Gasteiger partial charge is 0.497 e. The van der Waals surface area contributed by atoms with Gasteiger partial charge in [-0.05, 0) is 56.6 Å². The third-order valence-corrected chi connectivity index (χ3v) is 5.39. The maximum Gasteiger partial charge on any atom is 0.325 e. The van der Waals surface area contributed by atoms with Crippen LogP contribution in [0.2, 0.25) is 0 Å². The van der Waals surface area contributed by atoms with Crippen LogP contribution in [-0.4, -0.2) is 67.1 Å². The van der Waals surface area contributed by atoms with Gasteiger partial charge in [0.25, 0.3) is 0 Å². The molecule has 1 aromatic carbocycles. The highest BCUT2D eigenvalue weighted by Crippen LogP contribution is 2.29. The second-order valence-corrected chi connectivity index (χ2v) is 6.97. The molecule has 0 spiro atoms. The zero-order valence-corrected chi connectivity index (χ0v) is 15.5.